The van der Waals surface area contributed by atoms with E-state index < -0.39 is 11.7 Å². The quantitative estimate of drug-likeness (QED) is 0.863. The molecule has 0 spiro atoms. The summed E-state index contributed by atoms with van der Waals surface area (Å²) in [5.41, 5.74) is 6.16. The lowest BCUT2D eigenvalue weighted by molar-refractivity contribution is -0.119. The molecule has 1 aliphatic rings. The SMILES string of the molecule is Cc1cc(F)cc(C(=O)N(CC(N)=O)C2CCCNC2)c1. The molecule has 1 unspecified atom stereocenters. The zero-order chi connectivity index (χ0) is 15.4. The van der Waals surface area contributed by atoms with Gasteiger partial charge in [-0.25, -0.2) is 4.39 Å². The van der Waals surface area contributed by atoms with E-state index in [-0.39, 0.29) is 24.1 Å². The predicted molar refractivity (Wildman–Crippen MR) is 77.3 cm³/mol. The molecular weight excluding hydrogens is 273 g/mol. The van der Waals surface area contributed by atoms with Gasteiger partial charge in [-0.3, -0.25) is 9.59 Å². The Labute approximate surface area is 123 Å². The largest absolute Gasteiger partial charge is 0.368 e. The van der Waals surface area contributed by atoms with Crippen molar-refractivity contribution in [3.05, 3.63) is 35.1 Å². The van der Waals surface area contributed by atoms with Crippen molar-refractivity contribution in [1.29, 1.82) is 0 Å². The summed E-state index contributed by atoms with van der Waals surface area (Å²) in [5.74, 6) is -1.38. The second-order valence-electron chi connectivity index (χ2n) is 5.42. The van der Waals surface area contributed by atoms with Crippen LogP contribution in [0.25, 0.3) is 0 Å². The van der Waals surface area contributed by atoms with E-state index in [9.17, 15) is 14.0 Å². The first kappa shape index (κ1) is 15.4. The number of aryl methyl sites for hydroxylation is 1. The Hall–Kier alpha value is -1.95. The number of carbonyl (C=O) groups is 2. The van der Waals surface area contributed by atoms with Gasteiger partial charge in [0.1, 0.15) is 5.82 Å². The normalized spacial score (nSPS) is 18.3. The maximum Gasteiger partial charge on any atom is 0.254 e. The highest BCUT2D eigenvalue weighted by Gasteiger charge is 2.27. The molecule has 21 heavy (non-hydrogen) atoms. The van der Waals surface area contributed by atoms with Gasteiger partial charge >= 0.3 is 0 Å². The zero-order valence-corrected chi connectivity index (χ0v) is 12.1. The van der Waals surface area contributed by atoms with E-state index in [0.717, 1.165) is 19.4 Å². The Kier molecular flexibility index (Phi) is 4.90. The average molecular weight is 293 g/mol. The van der Waals surface area contributed by atoms with Crippen LogP contribution in [-0.2, 0) is 4.79 Å². The van der Waals surface area contributed by atoms with E-state index in [1.165, 1.54) is 17.0 Å². The number of nitrogens with zero attached hydrogens (tertiary/aromatic N) is 1. The first-order valence-electron chi connectivity index (χ1n) is 7.04. The molecule has 3 N–H and O–H groups in total. The first-order valence-corrected chi connectivity index (χ1v) is 7.04. The molecule has 2 rings (SSSR count). The van der Waals surface area contributed by atoms with E-state index >= 15 is 0 Å². The topological polar surface area (TPSA) is 75.4 Å². The Morgan fingerprint density at radius 2 is 2.19 bits per heavy atom. The Morgan fingerprint density at radius 3 is 2.76 bits per heavy atom. The van der Waals surface area contributed by atoms with Crippen LogP contribution < -0.4 is 11.1 Å². The minimum Gasteiger partial charge on any atom is -0.368 e. The molecule has 6 heteroatoms. The Bertz CT molecular complexity index is 521. The fourth-order valence-electron chi connectivity index (χ4n) is 2.66. The first-order chi connectivity index (χ1) is 9.97. The van der Waals surface area contributed by atoms with Crippen molar-refractivity contribution < 1.29 is 14.0 Å². The maximum absolute atomic E-state index is 13.5. The van der Waals surface area contributed by atoms with Crippen molar-refractivity contribution in [2.75, 3.05) is 19.6 Å². The lowest BCUT2D eigenvalue weighted by Gasteiger charge is -2.34. The van der Waals surface area contributed by atoms with E-state index in [2.05, 4.69) is 5.32 Å². The number of halogens is 1. The molecule has 1 saturated heterocycles. The number of primary amides is 1. The van der Waals surface area contributed by atoms with Crippen LogP contribution in [0.5, 0.6) is 0 Å². The molecule has 1 fully saturated rings. The van der Waals surface area contributed by atoms with Crippen LogP contribution in [0.2, 0.25) is 0 Å². The summed E-state index contributed by atoms with van der Waals surface area (Å²) in [7, 11) is 0. The van der Waals surface area contributed by atoms with Gasteiger partial charge in [-0.05, 0) is 50.1 Å². The number of nitrogens with two attached hydrogens (primary N) is 1. The minimum absolute atomic E-state index is 0.0951. The summed E-state index contributed by atoms with van der Waals surface area (Å²) >= 11 is 0. The number of amides is 2. The number of hydrogen-bond donors (Lipinski definition) is 2. The smallest absolute Gasteiger partial charge is 0.254 e. The van der Waals surface area contributed by atoms with Crippen LogP contribution in [0.15, 0.2) is 18.2 Å². The van der Waals surface area contributed by atoms with Crippen LogP contribution >= 0.6 is 0 Å². The molecule has 0 radical (unpaired) electrons. The van der Waals surface area contributed by atoms with Crippen molar-refractivity contribution >= 4 is 11.8 Å². The molecular formula is C15H20FN3O2. The number of benzene rings is 1. The Morgan fingerprint density at radius 1 is 1.43 bits per heavy atom. The van der Waals surface area contributed by atoms with E-state index in [0.29, 0.717) is 12.1 Å². The van der Waals surface area contributed by atoms with Crippen LogP contribution in [0, 0.1) is 12.7 Å². The van der Waals surface area contributed by atoms with Gasteiger partial charge in [0.05, 0.1) is 6.54 Å². The molecule has 0 aliphatic carbocycles. The molecule has 114 valence electrons. The molecule has 1 aromatic carbocycles. The molecule has 1 aliphatic heterocycles. The van der Waals surface area contributed by atoms with Crippen molar-refractivity contribution in [2.24, 2.45) is 5.73 Å². The number of carbonyl (C=O) groups excluding carboxylic acids is 2. The summed E-state index contributed by atoms with van der Waals surface area (Å²) in [5, 5.41) is 3.20. The average Bonchev–Trinajstić information content (AvgIpc) is 2.44. The fourth-order valence-corrected chi connectivity index (χ4v) is 2.66. The van der Waals surface area contributed by atoms with Crippen LogP contribution in [0.4, 0.5) is 4.39 Å². The second-order valence-corrected chi connectivity index (χ2v) is 5.42. The van der Waals surface area contributed by atoms with Crippen molar-refractivity contribution in [3.8, 4) is 0 Å². The third-order valence-corrected chi connectivity index (χ3v) is 3.59. The number of rotatable bonds is 4. The monoisotopic (exact) mass is 293 g/mol. The van der Waals surface area contributed by atoms with E-state index in [4.69, 9.17) is 5.73 Å². The minimum atomic E-state index is -0.568. The highest BCUT2D eigenvalue weighted by molar-refractivity contribution is 5.96. The summed E-state index contributed by atoms with van der Waals surface area (Å²) in [6, 6.07) is 4.08. The van der Waals surface area contributed by atoms with Gasteiger partial charge in [-0.1, -0.05) is 0 Å². The molecule has 1 atom stereocenters. The van der Waals surface area contributed by atoms with E-state index in [1.54, 1.807) is 13.0 Å². The van der Waals surface area contributed by atoms with Gasteiger partial charge in [-0.15, -0.1) is 0 Å². The molecule has 5 nitrogen and oxygen atoms in total. The number of piperidine rings is 1. The van der Waals surface area contributed by atoms with Gasteiger partial charge in [0.15, 0.2) is 0 Å². The molecule has 0 aromatic heterocycles. The standard InChI is InChI=1S/C15H20FN3O2/c1-10-5-11(7-12(16)6-10)15(21)19(9-14(17)20)13-3-2-4-18-8-13/h5-7,13,18H,2-4,8-9H2,1H3,(H2,17,20). The lowest BCUT2D eigenvalue weighted by atomic mass is 10.0. The molecule has 1 heterocycles. The van der Waals surface area contributed by atoms with Crippen molar-refractivity contribution in [1.82, 2.24) is 10.2 Å². The lowest BCUT2D eigenvalue weighted by Crippen LogP contribution is -2.51. The van der Waals surface area contributed by atoms with Gasteiger partial charge < -0.3 is 16.0 Å². The van der Waals surface area contributed by atoms with Crippen LogP contribution in [0.1, 0.15) is 28.8 Å². The third kappa shape index (κ3) is 4.01. The van der Waals surface area contributed by atoms with Crippen LogP contribution in [-0.4, -0.2) is 42.4 Å². The van der Waals surface area contributed by atoms with Crippen molar-refractivity contribution in [2.45, 2.75) is 25.8 Å². The summed E-state index contributed by atoms with van der Waals surface area (Å²) in [6.07, 6.45) is 1.73. The third-order valence-electron chi connectivity index (χ3n) is 3.59. The molecule has 1 aromatic rings. The second kappa shape index (κ2) is 6.67. The molecule has 0 saturated carbocycles. The summed E-state index contributed by atoms with van der Waals surface area (Å²) < 4.78 is 13.5. The zero-order valence-electron chi connectivity index (χ0n) is 12.1. The number of hydrogen-bond acceptors (Lipinski definition) is 3. The van der Waals surface area contributed by atoms with Gasteiger partial charge in [0.2, 0.25) is 5.91 Å². The van der Waals surface area contributed by atoms with Gasteiger partial charge in [-0.2, -0.15) is 0 Å². The summed E-state index contributed by atoms with van der Waals surface area (Å²) in [4.78, 5) is 25.3. The fraction of sp³-hybridized carbons (Fsp3) is 0.467. The number of nitrogens with one attached hydrogen (secondary N) is 1. The van der Waals surface area contributed by atoms with E-state index in [1.807, 2.05) is 0 Å². The molecule has 2 amide bonds. The summed E-state index contributed by atoms with van der Waals surface area (Å²) in [6.45, 7) is 3.09. The van der Waals surface area contributed by atoms with Gasteiger partial charge in [0, 0.05) is 18.2 Å². The van der Waals surface area contributed by atoms with Gasteiger partial charge in [0.25, 0.3) is 5.91 Å². The van der Waals surface area contributed by atoms with Crippen LogP contribution in [0.3, 0.4) is 0 Å². The molecule has 0 bridgehead atoms. The highest BCUT2D eigenvalue weighted by atomic mass is 19.1. The predicted octanol–water partition coefficient (Wildman–Crippen LogP) is 0.814. The maximum atomic E-state index is 13.5. The van der Waals surface area contributed by atoms with Crippen molar-refractivity contribution in [3.63, 3.8) is 0 Å². The highest BCUT2D eigenvalue weighted by Crippen LogP contribution is 2.16. The Balaban J connectivity index is 2.25.